The van der Waals surface area contributed by atoms with Gasteiger partial charge in [-0.05, 0) is 59.9 Å². The maximum absolute atomic E-state index is 13.2. The van der Waals surface area contributed by atoms with Crippen LogP contribution in [0, 0.1) is 17.8 Å². The summed E-state index contributed by atoms with van der Waals surface area (Å²) in [6.45, 7) is 6.45. The van der Waals surface area contributed by atoms with Gasteiger partial charge in [-0.15, -0.1) is 11.8 Å². The molecule has 2 aromatic rings. The minimum Gasteiger partial charge on any atom is -0.391 e. The largest absolute Gasteiger partial charge is 0.391 e. The summed E-state index contributed by atoms with van der Waals surface area (Å²) in [5.74, 6) is 1.51. The number of hydrogen-bond donors (Lipinski definition) is 3. The fourth-order valence-corrected chi connectivity index (χ4v) is 6.85. The van der Waals surface area contributed by atoms with Gasteiger partial charge in [0.2, 0.25) is 15.9 Å². The molecule has 0 saturated heterocycles. The normalized spacial score (nSPS) is 23.5. The zero-order chi connectivity index (χ0) is 25.6. The van der Waals surface area contributed by atoms with Crippen LogP contribution in [0.3, 0.4) is 0 Å². The number of fused-ring (bicyclic) bond motifs is 1. The summed E-state index contributed by atoms with van der Waals surface area (Å²) in [6.07, 6.45) is 5.14. The van der Waals surface area contributed by atoms with E-state index in [0.717, 1.165) is 28.3 Å². The van der Waals surface area contributed by atoms with E-state index in [2.05, 4.69) is 23.9 Å². The van der Waals surface area contributed by atoms with Crippen molar-refractivity contribution in [2.24, 2.45) is 17.8 Å². The van der Waals surface area contributed by atoms with Crippen molar-refractivity contribution in [3.8, 4) is 0 Å². The molecule has 194 valence electrons. The molecule has 3 N–H and O–H groups in total. The van der Waals surface area contributed by atoms with E-state index >= 15 is 0 Å². The summed E-state index contributed by atoms with van der Waals surface area (Å²) in [6, 6.07) is 12.7. The predicted octanol–water partition coefficient (Wildman–Crippen LogP) is 4.57. The lowest BCUT2D eigenvalue weighted by molar-refractivity contribution is -0.124. The van der Waals surface area contributed by atoms with Gasteiger partial charge in [-0.1, -0.05) is 63.9 Å². The van der Waals surface area contributed by atoms with Crippen molar-refractivity contribution in [3.05, 3.63) is 42.5 Å². The minimum absolute atomic E-state index is 0.251. The van der Waals surface area contributed by atoms with Gasteiger partial charge in [-0.25, -0.2) is 13.1 Å². The number of aliphatic hydroxyl groups is 1. The number of benzene rings is 2. The molecule has 1 fully saturated rings. The predicted molar refractivity (Wildman–Crippen MR) is 145 cm³/mol. The van der Waals surface area contributed by atoms with Gasteiger partial charge in [0.05, 0.1) is 18.4 Å². The Morgan fingerprint density at radius 3 is 2.54 bits per heavy atom. The van der Waals surface area contributed by atoms with Crippen LogP contribution in [0.25, 0.3) is 10.8 Å². The Morgan fingerprint density at radius 2 is 1.86 bits per heavy atom. The molecule has 2 aromatic carbocycles. The third-order valence-corrected chi connectivity index (χ3v) is 9.01. The van der Waals surface area contributed by atoms with E-state index < -0.39 is 34.1 Å². The Bertz CT molecular complexity index is 1090. The highest BCUT2D eigenvalue weighted by Crippen LogP contribution is 2.36. The van der Waals surface area contributed by atoms with Crippen molar-refractivity contribution in [2.45, 2.75) is 76.0 Å². The second-order valence-electron chi connectivity index (χ2n) is 10.2. The monoisotopic (exact) mass is 520 g/mol. The number of amides is 1. The number of sulfonamides is 1. The van der Waals surface area contributed by atoms with Gasteiger partial charge < -0.3 is 10.4 Å². The SMILES string of the molecule is CC[C@H](NC(=O)[C@@H](CSc1ccc2ccccc2c1)NS(C)(=O)=O)[C@H](O)CC1C[C@@H](C)CC[C@H]1C. The van der Waals surface area contributed by atoms with E-state index in [4.69, 9.17) is 0 Å². The molecule has 1 saturated carbocycles. The van der Waals surface area contributed by atoms with Crippen molar-refractivity contribution in [2.75, 3.05) is 12.0 Å². The highest BCUT2D eigenvalue weighted by atomic mass is 32.2. The lowest BCUT2D eigenvalue weighted by Crippen LogP contribution is -2.53. The number of carbonyl (C=O) groups is 1. The standard InChI is InChI=1S/C27H40N2O4S2/c1-5-24(26(30)16-22-14-18(2)10-11-19(22)3)28-27(31)25(29-35(4,32)33)17-34-23-13-12-20-8-6-7-9-21(20)15-23/h6-9,12-13,15,18-19,22,24-26,29-30H,5,10-11,14,16-17H2,1-4H3,(H,28,31)/t18-,19+,22?,24-,25+,26+/m0/s1. The Labute approximate surface area is 214 Å². The van der Waals surface area contributed by atoms with E-state index in [0.29, 0.717) is 30.6 Å². The molecule has 0 heterocycles. The molecule has 0 bridgehead atoms. The van der Waals surface area contributed by atoms with E-state index in [1.807, 2.05) is 49.4 Å². The van der Waals surface area contributed by atoms with Crippen LogP contribution >= 0.6 is 11.8 Å². The zero-order valence-corrected chi connectivity index (χ0v) is 22.9. The van der Waals surface area contributed by atoms with E-state index in [1.165, 1.54) is 24.6 Å². The first-order chi connectivity index (χ1) is 16.6. The average molecular weight is 521 g/mol. The third kappa shape index (κ3) is 8.48. The highest BCUT2D eigenvalue weighted by Gasteiger charge is 2.32. The second kappa shape index (κ2) is 12.6. The topological polar surface area (TPSA) is 95.5 Å². The van der Waals surface area contributed by atoms with Crippen molar-refractivity contribution in [1.82, 2.24) is 10.0 Å². The molecule has 0 spiro atoms. The molecule has 1 aliphatic rings. The van der Waals surface area contributed by atoms with Gasteiger partial charge in [0.1, 0.15) is 6.04 Å². The van der Waals surface area contributed by atoms with Gasteiger partial charge in [-0.2, -0.15) is 0 Å². The number of carbonyl (C=O) groups excluding carboxylic acids is 1. The molecule has 35 heavy (non-hydrogen) atoms. The van der Waals surface area contributed by atoms with Crippen LogP contribution in [0.5, 0.6) is 0 Å². The number of rotatable bonds is 11. The molecule has 3 rings (SSSR count). The van der Waals surface area contributed by atoms with Crippen LogP contribution < -0.4 is 10.0 Å². The third-order valence-electron chi connectivity index (χ3n) is 7.21. The van der Waals surface area contributed by atoms with Crippen LogP contribution in [0.4, 0.5) is 0 Å². The smallest absolute Gasteiger partial charge is 0.239 e. The van der Waals surface area contributed by atoms with Crippen molar-refractivity contribution in [3.63, 3.8) is 0 Å². The molecule has 6 atom stereocenters. The average Bonchev–Trinajstić information content (AvgIpc) is 2.81. The first-order valence-electron chi connectivity index (χ1n) is 12.6. The summed E-state index contributed by atoms with van der Waals surface area (Å²) >= 11 is 1.43. The van der Waals surface area contributed by atoms with Gasteiger partial charge in [-0.3, -0.25) is 4.79 Å². The molecule has 0 radical (unpaired) electrons. The maximum Gasteiger partial charge on any atom is 0.239 e. The molecule has 1 unspecified atom stereocenters. The van der Waals surface area contributed by atoms with Crippen molar-refractivity contribution < 1.29 is 18.3 Å². The zero-order valence-electron chi connectivity index (χ0n) is 21.2. The van der Waals surface area contributed by atoms with Crippen LogP contribution in [0.15, 0.2) is 47.4 Å². The van der Waals surface area contributed by atoms with Crippen LogP contribution in [0.1, 0.15) is 52.9 Å². The van der Waals surface area contributed by atoms with Crippen molar-refractivity contribution >= 4 is 38.5 Å². The van der Waals surface area contributed by atoms with Gasteiger partial charge in [0, 0.05) is 10.6 Å². The summed E-state index contributed by atoms with van der Waals surface area (Å²) in [4.78, 5) is 14.1. The molecular weight excluding hydrogens is 480 g/mol. The summed E-state index contributed by atoms with van der Waals surface area (Å²) in [5.41, 5.74) is 0. The quantitative estimate of drug-likeness (QED) is 0.377. The Kier molecular flexibility index (Phi) is 10.0. The lowest BCUT2D eigenvalue weighted by atomic mass is 9.73. The molecule has 1 aliphatic carbocycles. The fraction of sp³-hybridized carbons (Fsp3) is 0.593. The number of aliphatic hydroxyl groups excluding tert-OH is 1. The first-order valence-corrected chi connectivity index (χ1v) is 15.5. The van der Waals surface area contributed by atoms with Crippen LogP contribution in [-0.4, -0.2) is 49.6 Å². The van der Waals surface area contributed by atoms with E-state index in [1.54, 1.807) is 0 Å². The first kappa shape index (κ1) is 28.0. The van der Waals surface area contributed by atoms with E-state index in [9.17, 15) is 18.3 Å². The number of nitrogens with one attached hydrogen (secondary N) is 2. The molecule has 0 aliphatic heterocycles. The molecule has 8 heteroatoms. The van der Waals surface area contributed by atoms with Gasteiger partial charge in [0.25, 0.3) is 0 Å². The highest BCUT2D eigenvalue weighted by molar-refractivity contribution is 7.99. The Balaban J connectivity index is 1.65. The van der Waals surface area contributed by atoms with Gasteiger partial charge in [0.15, 0.2) is 0 Å². The molecule has 0 aromatic heterocycles. The van der Waals surface area contributed by atoms with Crippen LogP contribution in [-0.2, 0) is 14.8 Å². The van der Waals surface area contributed by atoms with Crippen LogP contribution in [0.2, 0.25) is 0 Å². The second-order valence-corrected chi connectivity index (χ2v) is 13.1. The Hall–Kier alpha value is -1.61. The molecular formula is C27H40N2O4S2. The van der Waals surface area contributed by atoms with Crippen molar-refractivity contribution in [1.29, 1.82) is 0 Å². The fourth-order valence-electron chi connectivity index (χ4n) is 5.07. The van der Waals surface area contributed by atoms with Gasteiger partial charge >= 0.3 is 0 Å². The summed E-state index contributed by atoms with van der Waals surface area (Å²) in [7, 11) is -3.59. The minimum atomic E-state index is -3.59. The molecule has 6 nitrogen and oxygen atoms in total. The number of thioether (sulfide) groups is 1. The molecule has 1 amide bonds. The maximum atomic E-state index is 13.2. The van der Waals surface area contributed by atoms with E-state index in [-0.39, 0.29) is 5.75 Å². The summed E-state index contributed by atoms with van der Waals surface area (Å²) < 4.78 is 26.5. The summed E-state index contributed by atoms with van der Waals surface area (Å²) in [5, 5.41) is 16.1. The number of hydrogen-bond acceptors (Lipinski definition) is 5. The Morgan fingerprint density at radius 1 is 1.14 bits per heavy atom. The lowest BCUT2D eigenvalue weighted by Gasteiger charge is -2.36.